The van der Waals surface area contributed by atoms with E-state index >= 15 is 0 Å². The van der Waals surface area contributed by atoms with Crippen LogP contribution in [0.4, 0.5) is 10.1 Å². The molecule has 0 atom stereocenters. The number of nitrogens with zero attached hydrogens (tertiary/aromatic N) is 1. The Labute approximate surface area is 103 Å². The molecule has 17 heavy (non-hydrogen) atoms. The first-order chi connectivity index (χ1) is 8.11. The smallest absolute Gasteiger partial charge is 0.239 e. The summed E-state index contributed by atoms with van der Waals surface area (Å²) in [5.41, 5.74) is 0.436. The molecular weight excluding hydrogens is 245 g/mol. The van der Waals surface area contributed by atoms with Gasteiger partial charge in [0.2, 0.25) is 5.91 Å². The number of benzene rings is 1. The first kappa shape index (κ1) is 13.3. The molecule has 2 N–H and O–H groups in total. The Morgan fingerprint density at radius 2 is 2.24 bits per heavy atom. The molecule has 0 aliphatic heterocycles. The predicted molar refractivity (Wildman–Crippen MR) is 63.1 cm³/mol. The van der Waals surface area contributed by atoms with E-state index in [-0.39, 0.29) is 23.9 Å². The molecule has 0 heterocycles. The summed E-state index contributed by atoms with van der Waals surface area (Å²) in [6, 6.07) is 5.86. The van der Waals surface area contributed by atoms with Gasteiger partial charge in [-0.25, -0.2) is 4.39 Å². The fraction of sp³-hybridized carbons (Fsp3) is 0.273. The molecule has 1 aromatic rings. The van der Waals surface area contributed by atoms with Gasteiger partial charge in [0.25, 0.3) is 0 Å². The predicted octanol–water partition coefficient (Wildman–Crippen LogP) is 1.92. The van der Waals surface area contributed by atoms with Crippen molar-refractivity contribution in [2.75, 3.05) is 18.4 Å². The van der Waals surface area contributed by atoms with E-state index < -0.39 is 5.82 Å². The van der Waals surface area contributed by atoms with E-state index in [4.69, 9.17) is 16.9 Å². The summed E-state index contributed by atoms with van der Waals surface area (Å²) in [7, 11) is 0. The quantitative estimate of drug-likeness (QED) is 0.790. The summed E-state index contributed by atoms with van der Waals surface area (Å²) in [5.74, 6) is -0.731. The molecule has 0 radical (unpaired) electrons. The van der Waals surface area contributed by atoms with Crippen molar-refractivity contribution >= 4 is 23.2 Å². The third-order valence-electron chi connectivity index (χ3n) is 1.87. The number of amides is 1. The maximum atomic E-state index is 12.9. The molecule has 0 bridgehead atoms. The number of halogens is 2. The highest BCUT2D eigenvalue weighted by Crippen LogP contribution is 2.17. The molecule has 4 nitrogen and oxygen atoms in total. The number of hydrogen-bond donors (Lipinski definition) is 2. The van der Waals surface area contributed by atoms with Gasteiger partial charge in [-0.05, 0) is 18.2 Å². The molecule has 0 aromatic heterocycles. The minimum Gasteiger partial charge on any atom is -0.376 e. The van der Waals surface area contributed by atoms with Gasteiger partial charge in [0.15, 0.2) is 0 Å². The van der Waals surface area contributed by atoms with Gasteiger partial charge in [0, 0.05) is 17.3 Å². The number of anilines is 1. The summed E-state index contributed by atoms with van der Waals surface area (Å²) >= 11 is 5.65. The summed E-state index contributed by atoms with van der Waals surface area (Å²) in [6.07, 6.45) is 0.261. The van der Waals surface area contributed by atoms with Gasteiger partial charge in [0.1, 0.15) is 5.82 Å². The van der Waals surface area contributed by atoms with E-state index in [9.17, 15) is 9.18 Å². The molecular formula is C11H11ClFN3O. The molecule has 1 amide bonds. The van der Waals surface area contributed by atoms with Crippen LogP contribution in [0.25, 0.3) is 0 Å². The maximum Gasteiger partial charge on any atom is 0.239 e. The SMILES string of the molecule is N#CCCNC(=O)CNc1cc(F)cc(Cl)c1. The van der Waals surface area contributed by atoms with Crippen LogP contribution in [0.1, 0.15) is 6.42 Å². The third-order valence-corrected chi connectivity index (χ3v) is 2.09. The third kappa shape index (κ3) is 5.18. The summed E-state index contributed by atoms with van der Waals surface area (Å²) in [6.45, 7) is 0.312. The van der Waals surface area contributed by atoms with Crippen molar-refractivity contribution in [3.05, 3.63) is 29.0 Å². The van der Waals surface area contributed by atoms with Gasteiger partial charge in [-0.1, -0.05) is 11.6 Å². The van der Waals surface area contributed by atoms with Crippen molar-refractivity contribution in [1.82, 2.24) is 5.32 Å². The number of hydrogen-bond acceptors (Lipinski definition) is 3. The second kappa shape index (κ2) is 6.71. The number of carbonyl (C=O) groups is 1. The Morgan fingerprint density at radius 3 is 2.88 bits per heavy atom. The average Bonchev–Trinajstić information content (AvgIpc) is 2.25. The van der Waals surface area contributed by atoms with Crippen LogP contribution in [-0.2, 0) is 4.79 Å². The van der Waals surface area contributed by atoms with Crippen molar-refractivity contribution in [1.29, 1.82) is 5.26 Å². The fourth-order valence-corrected chi connectivity index (χ4v) is 1.38. The summed E-state index contributed by atoms with van der Waals surface area (Å²) in [5, 5.41) is 13.8. The van der Waals surface area contributed by atoms with Crippen molar-refractivity contribution < 1.29 is 9.18 Å². The molecule has 0 saturated heterocycles. The first-order valence-electron chi connectivity index (χ1n) is 4.95. The van der Waals surface area contributed by atoms with Crippen LogP contribution in [0, 0.1) is 17.1 Å². The molecule has 0 spiro atoms. The number of rotatable bonds is 5. The lowest BCUT2D eigenvalue weighted by molar-refractivity contribution is -0.119. The van der Waals surface area contributed by atoms with Crippen LogP contribution in [0.3, 0.4) is 0 Å². The maximum absolute atomic E-state index is 12.9. The zero-order chi connectivity index (χ0) is 12.7. The molecule has 6 heteroatoms. The molecule has 1 rings (SSSR count). The van der Waals surface area contributed by atoms with Gasteiger partial charge >= 0.3 is 0 Å². The standard InChI is InChI=1S/C11H11ClFN3O/c12-8-4-9(13)6-10(5-8)16-7-11(17)15-3-1-2-14/h4-6,16H,1,3,7H2,(H,15,17). The second-order valence-corrected chi connectivity index (χ2v) is 3.71. The van der Waals surface area contributed by atoms with E-state index in [1.54, 1.807) is 0 Å². The molecule has 0 fully saturated rings. The van der Waals surface area contributed by atoms with Gasteiger partial charge in [-0.15, -0.1) is 0 Å². The topological polar surface area (TPSA) is 64.9 Å². The lowest BCUT2D eigenvalue weighted by Crippen LogP contribution is -2.30. The minimum absolute atomic E-state index is 0.00517. The van der Waals surface area contributed by atoms with E-state index in [1.807, 2.05) is 6.07 Å². The van der Waals surface area contributed by atoms with Crippen LogP contribution in [0.15, 0.2) is 18.2 Å². The summed E-state index contributed by atoms with van der Waals surface area (Å²) in [4.78, 5) is 11.3. The fourth-order valence-electron chi connectivity index (χ4n) is 1.16. The number of nitrogens with one attached hydrogen (secondary N) is 2. The molecule has 0 aliphatic carbocycles. The average molecular weight is 256 g/mol. The van der Waals surface area contributed by atoms with Crippen LogP contribution < -0.4 is 10.6 Å². The zero-order valence-electron chi connectivity index (χ0n) is 8.96. The number of carbonyl (C=O) groups excluding carboxylic acids is 1. The van der Waals surface area contributed by atoms with Gasteiger partial charge in [0.05, 0.1) is 19.0 Å². The molecule has 0 saturated carbocycles. The van der Waals surface area contributed by atoms with Gasteiger partial charge in [-0.3, -0.25) is 4.79 Å². The first-order valence-corrected chi connectivity index (χ1v) is 5.33. The Hall–Kier alpha value is -1.80. The van der Waals surface area contributed by atoms with Crippen LogP contribution in [-0.4, -0.2) is 19.0 Å². The van der Waals surface area contributed by atoms with Crippen LogP contribution in [0.2, 0.25) is 5.02 Å². The molecule has 0 unspecified atom stereocenters. The molecule has 0 aliphatic rings. The largest absolute Gasteiger partial charge is 0.376 e. The molecule has 90 valence electrons. The highest BCUT2D eigenvalue weighted by Gasteiger charge is 2.02. The Balaban J connectivity index is 2.39. The van der Waals surface area contributed by atoms with E-state index in [2.05, 4.69) is 10.6 Å². The highest BCUT2D eigenvalue weighted by molar-refractivity contribution is 6.30. The van der Waals surface area contributed by atoms with Crippen LogP contribution in [0.5, 0.6) is 0 Å². The minimum atomic E-state index is -0.468. The van der Waals surface area contributed by atoms with Crippen molar-refractivity contribution in [2.24, 2.45) is 0 Å². The van der Waals surface area contributed by atoms with E-state index in [0.717, 1.165) is 0 Å². The number of nitriles is 1. The van der Waals surface area contributed by atoms with Crippen LogP contribution >= 0.6 is 11.6 Å². The Bertz CT molecular complexity index is 425. The summed E-state index contributed by atoms with van der Waals surface area (Å²) < 4.78 is 12.9. The highest BCUT2D eigenvalue weighted by atomic mass is 35.5. The lowest BCUT2D eigenvalue weighted by atomic mass is 10.3. The van der Waals surface area contributed by atoms with Crippen molar-refractivity contribution in [2.45, 2.75) is 6.42 Å². The van der Waals surface area contributed by atoms with Gasteiger partial charge in [-0.2, -0.15) is 5.26 Å². The zero-order valence-corrected chi connectivity index (χ0v) is 9.72. The normalized spacial score (nSPS) is 9.47. The monoisotopic (exact) mass is 255 g/mol. The Morgan fingerprint density at radius 1 is 1.47 bits per heavy atom. The Kier molecular flexibility index (Phi) is 5.24. The van der Waals surface area contributed by atoms with Crippen molar-refractivity contribution in [3.8, 4) is 6.07 Å². The van der Waals surface area contributed by atoms with E-state index in [0.29, 0.717) is 12.2 Å². The second-order valence-electron chi connectivity index (χ2n) is 3.27. The van der Waals surface area contributed by atoms with Gasteiger partial charge < -0.3 is 10.6 Å². The lowest BCUT2D eigenvalue weighted by Gasteiger charge is -2.07. The van der Waals surface area contributed by atoms with E-state index in [1.165, 1.54) is 18.2 Å². The van der Waals surface area contributed by atoms with Crippen molar-refractivity contribution in [3.63, 3.8) is 0 Å². The molecule has 1 aromatic carbocycles.